The average molecular weight is 278 g/mol. The first-order chi connectivity index (χ1) is 9.76. The van der Waals surface area contributed by atoms with Crippen molar-refractivity contribution in [2.24, 2.45) is 5.73 Å². The van der Waals surface area contributed by atoms with Gasteiger partial charge >= 0.3 is 0 Å². The predicted molar refractivity (Wildman–Crippen MR) is 81.0 cm³/mol. The summed E-state index contributed by atoms with van der Waals surface area (Å²) in [5.41, 5.74) is 7.50. The summed E-state index contributed by atoms with van der Waals surface area (Å²) in [6.07, 6.45) is 2.56. The first-order valence-electron chi connectivity index (χ1n) is 7.46. The number of hydrogen-bond donors (Lipinski definition) is 1. The quantitative estimate of drug-likeness (QED) is 0.752. The molecule has 1 atom stereocenters. The Hall–Kier alpha value is -1.10. The molecule has 0 saturated heterocycles. The highest BCUT2D eigenvalue weighted by Crippen LogP contribution is 2.30. The van der Waals surface area contributed by atoms with Gasteiger partial charge in [0.2, 0.25) is 0 Å². The molecule has 1 aromatic rings. The van der Waals surface area contributed by atoms with Crippen molar-refractivity contribution in [3.63, 3.8) is 0 Å². The normalized spacial score (nSPS) is 16.4. The van der Waals surface area contributed by atoms with Crippen LogP contribution in [0.3, 0.4) is 0 Å². The van der Waals surface area contributed by atoms with Crippen LogP contribution in [0.25, 0.3) is 0 Å². The predicted octanol–water partition coefficient (Wildman–Crippen LogP) is 2.20. The van der Waals surface area contributed by atoms with E-state index >= 15 is 0 Å². The van der Waals surface area contributed by atoms with Gasteiger partial charge in [-0.05, 0) is 25.8 Å². The maximum Gasteiger partial charge on any atom is 0.124 e. The molecular weight excluding hydrogens is 252 g/mol. The molecule has 0 heterocycles. The van der Waals surface area contributed by atoms with Gasteiger partial charge in [0.1, 0.15) is 5.75 Å². The van der Waals surface area contributed by atoms with E-state index in [-0.39, 0.29) is 6.04 Å². The van der Waals surface area contributed by atoms with Crippen molar-refractivity contribution >= 4 is 0 Å². The topological polar surface area (TPSA) is 47.7 Å². The molecule has 0 aromatic heterocycles. The number of benzene rings is 1. The summed E-state index contributed by atoms with van der Waals surface area (Å²) in [6, 6.07) is 8.75. The van der Waals surface area contributed by atoms with Crippen molar-refractivity contribution in [2.45, 2.75) is 31.8 Å². The molecule has 0 amide bonds. The van der Waals surface area contributed by atoms with Gasteiger partial charge in [-0.2, -0.15) is 0 Å². The smallest absolute Gasteiger partial charge is 0.124 e. The molecule has 1 saturated carbocycles. The van der Waals surface area contributed by atoms with Crippen LogP contribution >= 0.6 is 0 Å². The molecule has 0 spiro atoms. The van der Waals surface area contributed by atoms with Crippen molar-refractivity contribution in [1.82, 2.24) is 4.90 Å². The second kappa shape index (κ2) is 7.62. The van der Waals surface area contributed by atoms with Crippen LogP contribution in [-0.4, -0.2) is 44.4 Å². The first kappa shape index (κ1) is 15.3. The number of para-hydroxylation sites is 1. The van der Waals surface area contributed by atoms with Gasteiger partial charge in [0, 0.05) is 37.8 Å². The zero-order valence-electron chi connectivity index (χ0n) is 12.5. The molecule has 1 fully saturated rings. The van der Waals surface area contributed by atoms with Crippen LogP contribution in [0.5, 0.6) is 5.75 Å². The maximum atomic E-state index is 6.40. The third-order valence-electron chi connectivity index (χ3n) is 3.70. The van der Waals surface area contributed by atoms with Crippen molar-refractivity contribution in [3.8, 4) is 5.75 Å². The number of methoxy groups -OCH3 is 1. The highest BCUT2D eigenvalue weighted by molar-refractivity contribution is 5.36. The summed E-state index contributed by atoms with van der Waals surface area (Å²) in [4.78, 5) is 2.44. The van der Waals surface area contributed by atoms with Gasteiger partial charge in [0.25, 0.3) is 0 Å². The molecule has 2 rings (SSSR count). The third kappa shape index (κ3) is 4.20. The number of rotatable bonds is 9. The Labute approximate surface area is 121 Å². The second-order valence-corrected chi connectivity index (χ2v) is 5.30. The van der Waals surface area contributed by atoms with Crippen LogP contribution in [0.1, 0.15) is 31.4 Å². The van der Waals surface area contributed by atoms with Crippen molar-refractivity contribution < 1.29 is 9.47 Å². The Morgan fingerprint density at radius 2 is 2.10 bits per heavy atom. The van der Waals surface area contributed by atoms with Gasteiger partial charge in [-0.1, -0.05) is 18.2 Å². The Balaban J connectivity index is 2.00. The molecule has 0 aliphatic heterocycles. The monoisotopic (exact) mass is 278 g/mol. The Morgan fingerprint density at radius 1 is 1.35 bits per heavy atom. The number of nitrogens with two attached hydrogens (primary N) is 1. The number of ether oxygens (including phenoxy) is 2. The van der Waals surface area contributed by atoms with Crippen LogP contribution in [-0.2, 0) is 4.74 Å². The van der Waals surface area contributed by atoms with E-state index < -0.39 is 0 Å². The van der Waals surface area contributed by atoms with Crippen molar-refractivity contribution in [2.75, 3.05) is 33.4 Å². The summed E-state index contributed by atoms with van der Waals surface area (Å²) in [7, 11) is 1.75. The molecule has 1 unspecified atom stereocenters. The highest BCUT2D eigenvalue weighted by atomic mass is 16.5. The lowest BCUT2D eigenvalue weighted by Crippen LogP contribution is -2.36. The summed E-state index contributed by atoms with van der Waals surface area (Å²) in [6.45, 7) is 5.23. The van der Waals surface area contributed by atoms with Crippen LogP contribution < -0.4 is 10.5 Å². The third-order valence-corrected chi connectivity index (χ3v) is 3.70. The van der Waals surface area contributed by atoms with E-state index in [9.17, 15) is 0 Å². The van der Waals surface area contributed by atoms with Crippen molar-refractivity contribution in [1.29, 1.82) is 0 Å². The van der Waals surface area contributed by atoms with E-state index in [2.05, 4.69) is 11.0 Å². The SMILES string of the molecule is CCOc1ccccc1C(N)CN(CCOC)C1CC1. The highest BCUT2D eigenvalue weighted by Gasteiger charge is 2.30. The van der Waals surface area contributed by atoms with Gasteiger partial charge in [-0.25, -0.2) is 0 Å². The molecule has 0 bridgehead atoms. The molecule has 0 radical (unpaired) electrons. The fourth-order valence-electron chi connectivity index (χ4n) is 2.50. The minimum atomic E-state index is -0.0183. The molecule has 2 N–H and O–H groups in total. The molecule has 1 aliphatic rings. The lowest BCUT2D eigenvalue weighted by Gasteiger charge is -2.26. The molecule has 4 heteroatoms. The fraction of sp³-hybridized carbons (Fsp3) is 0.625. The zero-order valence-corrected chi connectivity index (χ0v) is 12.5. The Bertz CT molecular complexity index is 407. The summed E-state index contributed by atoms with van der Waals surface area (Å²) in [5.74, 6) is 0.907. The molecule has 112 valence electrons. The standard InChI is InChI=1S/C16H26N2O2/c1-3-20-16-7-5-4-6-14(16)15(17)12-18(10-11-19-2)13-8-9-13/h4-7,13,15H,3,8-12,17H2,1-2H3. The summed E-state index contributed by atoms with van der Waals surface area (Å²) < 4.78 is 10.9. The van der Waals surface area contributed by atoms with Crippen LogP contribution in [0, 0.1) is 0 Å². The van der Waals surface area contributed by atoms with Gasteiger partial charge in [-0.3, -0.25) is 4.90 Å². The van der Waals surface area contributed by atoms with Gasteiger partial charge in [0.15, 0.2) is 0 Å². The maximum absolute atomic E-state index is 6.40. The van der Waals surface area contributed by atoms with Gasteiger partial charge < -0.3 is 15.2 Å². The van der Waals surface area contributed by atoms with E-state index in [0.717, 1.165) is 31.0 Å². The fourth-order valence-corrected chi connectivity index (χ4v) is 2.50. The summed E-state index contributed by atoms with van der Waals surface area (Å²) >= 11 is 0. The van der Waals surface area contributed by atoms with E-state index in [1.807, 2.05) is 25.1 Å². The largest absolute Gasteiger partial charge is 0.494 e. The van der Waals surface area contributed by atoms with E-state index in [4.69, 9.17) is 15.2 Å². The minimum absolute atomic E-state index is 0.0183. The number of nitrogens with zero attached hydrogens (tertiary/aromatic N) is 1. The van der Waals surface area contributed by atoms with E-state index in [1.165, 1.54) is 12.8 Å². The average Bonchev–Trinajstić information content (AvgIpc) is 3.28. The van der Waals surface area contributed by atoms with Crippen LogP contribution in [0.4, 0.5) is 0 Å². The number of hydrogen-bond acceptors (Lipinski definition) is 4. The lowest BCUT2D eigenvalue weighted by atomic mass is 10.1. The molecular formula is C16H26N2O2. The Morgan fingerprint density at radius 3 is 2.75 bits per heavy atom. The van der Waals surface area contributed by atoms with Crippen LogP contribution in [0.2, 0.25) is 0 Å². The van der Waals surface area contributed by atoms with Crippen molar-refractivity contribution in [3.05, 3.63) is 29.8 Å². The van der Waals surface area contributed by atoms with Crippen LogP contribution in [0.15, 0.2) is 24.3 Å². The molecule has 20 heavy (non-hydrogen) atoms. The van der Waals surface area contributed by atoms with E-state index in [0.29, 0.717) is 12.6 Å². The summed E-state index contributed by atoms with van der Waals surface area (Å²) in [5, 5.41) is 0. The van der Waals surface area contributed by atoms with E-state index in [1.54, 1.807) is 7.11 Å². The minimum Gasteiger partial charge on any atom is -0.494 e. The first-order valence-corrected chi connectivity index (χ1v) is 7.46. The van der Waals surface area contributed by atoms with Gasteiger partial charge in [-0.15, -0.1) is 0 Å². The molecule has 4 nitrogen and oxygen atoms in total. The Kier molecular flexibility index (Phi) is 5.83. The van der Waals surface area contributed by atoms with Gasteiger partial charge in [0.05, 0.1) is 13.2 Å². The molecule has 1 aliphatic carbocycles. The molecule has 1 aromatic carbocycles. The second-order valence-electron chi connectivity index (χ2n) is 5.30. The lowest BCUT2D eigenvalue weighted by molar-refractivity contribution is 0.139. The zero-order chi connectivity index (χ0) is 14.4.